The number of carbonyl (C=O) groups is 1. The number of likely N-dealkylation sites (tertiary alicyclic amines) is 1. The lowest BCUT2D eigenvalue weighted by molar-refractivity contribution is -0.136. The van der Waals surface area contributed by atoms with Crippen molar-refractivity contribution in [2.75, 3.05) is 13.1 Å². The van der Waals surface area contributed by atoms with Gasteiger partial charge >= 0.3 is 0 Å². The molecule has 2 rings (SSSR count). The van der Waals surface area contributed by atoms with Crippen molar-refractivity contribution in [3.05, 3.63) is 0 Å². The summed E-state index contributed by atoms with van der Waals surface area (Å²) in [6.07, 6.45) is 9.51. The number of carbonyl (C=O) groups excluding carboxylic acids is 1. The molecule has 1 aliphatic carbocycles. The highest BCUT2D eigenvalue weighted by atomic mass is 16.5. The molecule has 2 fully saturated rings. The van der Waals surface area contributed by atoms with Gasteiger partial charge in [0.15, 0.2) is 0 Å². The first-order valence-corrected chi connectivity index (χ1v) is 8.80. The predicted octanol–water partition coefficient (Wildman–Crippen LogP) is 2.70. The van der Waals surface area contributed by atoms with Crippen LogP contribution in [0.4, 0.5) is 0 Å². The molecule has 1 saturated heterocycles. The van der Waals surface area contributed by atoms with Gasteiger partial charge in [-0.1, -0.05) is 20.3 Å². The van der Waals surface area contributed by atoms with Crippen molar-refractivity contribution in [2.24, 2.45) is 11.7 Å². The van der Waals surface area contributed by atoms with Crippen molar-refractivity contribution in [1.29, 1.82) is 0 Å². The Morgan fingerprint density at radius 3 is 2.29 bits per heavy atom. The Balaban J connectivity index is 1.69. The van der Waals surface area contributed by atoms with Crippen LogP contribution in [-0.4, -0.2) is 42.1 Å². The monoisotopic (exact) mass is 296 g/mol. The summed E-state index contributed by atoms with van der Waals surface area (Å²) in [5.41, 5.74) is 5.93. The molecule has 0 bridgehead atoms. The number of hydrogen-bond acceptors (Lipinski definition) is 3. The second-order valence-electron chi connectivity index (χ2n) is 6.94. The van der Waals surface area contributed by atoms with Gasteiger partial charge in [0.2, 0.25) is 5.91 Å². The minimum Gasteiger partial charge on any atom is -0.375 e. The van der Waals surface area contributed by atoms with E-state index in [2.05, 4.69) is 13.8 Å². The summed E-state index contributed by atoms with van der Waals surface area (Å²) in [4.78, 5) is 14.1. The Labute approximate surface area is 129 Å². The average Bonchev–Trinajstić information content (AvgIpc) is 2.50. The molecule has 4 heteroatoms. The molecule has 0 spiro atoms. The van der Waals surface area contributed by atoms with E-state index in [1.165, 1.54) is 25.7 Å². The molecule has 1 unspecified atom stereocenters. The highest BCUT2D eigenvalue weighted by Crippen LogP contribution is 2.28. The first-order chi connectivity index (χ1) is 10.1. The molecule has 0 aromatic heterocycles. The number of nitrogens with zero attached hydrogens (tertiary/aromatic N) is 1. The van der Waals surface area contributed by atoms with Crippen LogP contribution in [0.3, 0.4) is 0 Å². The quantitative estimate of drug-likeness (QED) is 0.848. The fourth-order valence-corrected chi connectivity index (χ4v) is 3.52. The van der Waals surface area contributed by atoms with E-state index in [-0.39, 0.29) is 11.9 Å². The number of ether oxygens (including phenoxy) is 1. The van der Waals surface area contributed by atoms with E-state index in [0.29, 0.717) is 12.2 Å². The molecule has 0 radical (unpaired) electrons. The summed E-state index contributed by atoms with van der Waals surface area (Å²) in [5, 5.41) is 0. The minimum absolute atomic E-state index is 0.127. The third-order valence-corrected chi connectivity index (χ3v) is 5.02. The van der Waals surface area contributed by atoms with Crippen LogP contribution in [0, 0.1) is 5.92 Å². The average molecular weight is 296 g/mol. The van der Waals surface area contributed by atoms with Gasteiger partial charge in [-0.3, -0.25) is 4.79 Å². The molecule has 4 nitrogen and oxygen atoms in total. The van der Waals surface area contributed by atoms with Gasteiger partial charge in [-0.25, -0.2) is 0 Å². The van der Waals surface area contributed by atoms with E-state index in [1.54, 1.807) is 0 Å². The highest BCUT2D eigenvalue weighted by Gasteiger charge is 2.28. The molecule has 1 aliphatic heterocycles. The molecule has 2 aliphatic rings. The lowest BCUT2D eigenvalue weighted by atomic mass is 9.88. The molecule has 122 valence electrons. The second kappa shape index (κ2) is 8.14. The summed E-state index contributed by atoms with van der Waals surface area (Å²) in [6, 6.07) is -0.313. The van der Waals surface area contributed by atoms with Gasteiger partial charge in [-0.05, 0) is 50.9 Å². The summed E-state index contributed by atoms with van der Waals surface area (Å²) in [6.45, 7) is 6.02. The number of nitrogens with two attached hydrogens (primary N) is 1. The first-order valence-electron chi connectivity index (χ1n) is 8.80. The molecule has 21 heavy (non-hydrogen) atoms. The molecule has 1 amide bonds. The van der Waals surface area contributed by atoms with Gasteiger partial charge in [-0.2, -0.15) is 0 Å². The maximum absolute atomic E-state index is 12.2. The maximum atomic E-state index is 12.2. The van der Waals surface area contributed by atoms with Crippen molar-refractivity contribution in [1.82, 2.24) is 4.90 Å². The van der Waals surface area contributed by atoms with Gasteiger partial charge in [-0.15, -0.1) is 0 Å². The number of amides is 1. The molecule has 2 N–H and O–H groups in total. The zero-order valence-corrected chi connectivity index (χ0v) is 13.7. The van der Waals surface area contributed by atoms with Crippen LogP contribution in [0.2, 0.25) is 0 Å². The molecule has 0 aromatic rings. The molecule has 1 saturated carbocycles. The molecular weight excluding hydrogens is 264 g/mol. The van der Waals surface area contributed by atoms with Crippen LogP contribution < -0.4 is 5.73 Å². The number of rotatable bonds is 5. The third kappa shape index (κ3) is 4.96. The van der Waals surface area contributed by atoms with E-state index in [9.17, 15) is 4.79 Å². The van der Waals surface area contributed by atoms with Crippen LogP contribution in [-0.2, 0) is 9.53 Å². The zero-order chi connectivity index (χ0) is 15.2. The van der Waals surface area contributed by atoms with Gasteiger partial charge < -0.3 is 15.4 Å². The summed E-state index contributed by atoms with van der Waals surface area (Å²) < 4.78 is 6.25. The van der Waals surface area contributed by atoms with Crippen LogP contribution in [0.5, 0.6) is 0 Å². The van der Waals surface area contributed by atoms with E-state index in [1.807, 2.05) is 4.90 Å². The van der Waals surface area contributed by atoms with Gasteiger partial charge in [0.1, 0.15) is 0 Å². The largest absolute Gasteiger partial charge is 0.375 e. The van der Waals surface area contributed by atoms with Gasteiger partial charge in [0.25, 0.3) is 0 Å². The smallest absolute Gasteiger partial charge is 0.239 e. The van der Waals surface area contributed by atoms with E-state index >= 15 is 0 Å². The third-order valence-electron chi connectivity index (χ3n) is 5.02. The second-order valence-corrected chi connectivity index (χ2v) is 6.94. The standard InChI is InChI=1S/C17H32N2O2/c1-3-4-16(18)17(20)19-11-9-15(10-12-19)21-14-7-5-13(2)6-8-14/h13-16H,3-12,18H2,1-2H3. The minimum atomic E-state index is -0.313. The Morgan fingerprint density at radius 1 is 1.14 bits per heavy atom. The topological polar surface area (TPSA) is 55.6 Å². The van der Waals surface area contributed by atoms with Crippen molar-refractivity contribution in [3.8, 4) is 0 Å². The van der Waals surface area contributed by atoms with E-state index in [4.69, 9.17) is 10.5 Å². The Bertz CT molecular complexity index is 319. The van der Waals surface area contributed by atoms with Crippen LogP contribution in [0.25, 0.3) is 0 Å². The Kier molecular flexibility index (Phi) is 6.49. The summed E-state index contributed by atoms with van der Waals surface area (Å²) in [5.74, 6) is 0.992. The van der Waals surface area contributed by atoms with Gasteiger partial charge in [0.05, 0.1) is 18.2 Å². The predicted molar refractivity (Wildman–Crippen MR) is 85.0 cm³/mol. The summed E-state index contributed by atoms with van der Waals surface area (Å²) in [7, 11) is 0. The normalized spacial score (nSPS) is 29.4. The van der Waals surface area contributed by atoms with Crippen molar-refractivity contribution >= 4 is 5.91 Å². The molecular formula is C17H32N2O2. The fourth-order valence-electron chi connectivity index (χ4n) is 3.52. The van der Waals surface area contributed by atoms with Crippen LogP contribution >= 0.6 is 0 Å². The Hall–Kier alpha value is -0.610. The molecule has 0 aromatic carbocycles. The van der Waals surface area contributed by atoms with Crippen LogP contribution in [0.15, 0.2) is 0 Å². The SMILES string of the molecule is CCCC(N)C(=O)N1CCC(OC2CCC(C)CC2)CC1. The van der Waals surface area contributed by atoms with Crippen molar-refractivity contribution < 1.29 is 9.53 Å². The zero-order valence-electron chi connectivity index (χ0n) is 13.7. The molecule has 1 heterocycles. The van der Waals surface area contributed by atoms with E-state index < -0.39 is 0 Å². The van der Waals surface area contributed by atoms with E-state index in [0.717, 1.165) is 44.7 Å². The van der Waals surface area contributed by atoms with Crippen LogP contribution in [0.1, 0.15) is 65.2 Å². The van der Waals surface area contributed by atoms with Crippen molar-refractivity contribution in [2.45, 2.75) is 83.5 Å². The lowest BCUT2D eigenvalue weighted by Gasteiger charge is -2.36. The number of hydrogen-bond donors (Lipinski definition) is 1. The van der Waals surface area contributed by atoms with Crippen molar-refractivity contribution in [3.63, 3.8) is 0 Å². The number of piperidine rings is 1. The molecule has 1 atom stereocenters. The lowest BCUT2D eigenvalue weighted by Crippen LogP contribution is -2.48. The van der Waals surface area contributed by atoms with Gasteiger partial charge in [0, 0.05) is 13.1 Å². The highest BCUT2D eigenvalue weighted by molar-refractivity contribution is 5.81. The first kappa shape index (κ1) is 16.8. The maximum Gasteiger partial charge on any atom is 0.239 e. The summed E-state index contributed by atoms with van der Waals surface area (Å²) >= 11 is 0. The fraction of sp³-hybridized carbons (Fsp3) is 0.941. The Morgan fingerprint density at radius 2 is 1.71 bits per heavy atom.